The predicted molar refractivity (Wildman–Crippen MR) is 249 cm³/mol. The average Bonchev–Trinajstić information content (AvgIpc) is 3.72. The molecule has 0 unspecified atom stereocenters. The molecule has 0 fully saturated rings. The Morgan fingerprint density at radius 1 is 0.350 bits per heavy atom. The first-order valence-electron chi connectivity index (χ1n) is 20.2. The van der Waals surface area contributed by atoms with Crippen molar-refractivity contribution in [2.45, 2.75) is 0 Å². The van der Waals surface area contributed by atoms with E-state index in [1.165, 1.54) is 16.5 Å². The molecule has 282 valence electrons. The third-order valence-corrected chi connectivity index (χ3v) is 11.2. The Morgan fingerprint density at radius 3 is 1.68 bits per heavy atom. The minimum Gasteiger partial charge on any atom is -0.455 e. The zero-order valence-corrected chi connectivity index (χ0v) is 32.6. The van der Waals surface area contributed by atoms with Gasteiger partial charge < -0.3 is 9.32 Å². The van der Waals surface area contributed by atoms with Crippen molar-refractivity contribution in [3.05, 3.63) is 224 Å². The number of hydrogen-bond donors (Lipinski definition) is 0. The molecule has 11 rings (SSSR count). The van der Waals surface area contributed by atoms with E-state index in [4.69, 9.17) is 14.4 Å². The number of para-hydroxylation sites is 1. The molecule has 4 heteroatoms. The van der Waals surface area contributed by atoms with E-state index in [0.717, 1.165) is 83.6 Å². The minimum atomic E-state index is 0.658. The van der Waals surface area contributed by atoms with Crippen LogP contribution in [-0.2, 0) is 0 Å². The lowest BCUT2D eigenvalue weighted by Crippen LogP contribution is -2.09. The van der Waals surface area contributed by atoms with E-state index in [2.05, 4.69) is 193 Å². The molecule has 0 spiro atoms. The fourth-order valence-electron chi connectivity index (χ4n) is 8.35. The van der Waals surface area contributed by atoms with Gasteiger partial charge in [0.2, 0.25) is 0 Å². The molecule has 2 heterocycles. The third-order valence-electron chi connectivity index (χ3n) is 11.2. The smallest absolute Gasteiger partial charge is 0.160 e. The summed E-state index contributed by atoms with van der Waals surface area (Å²) in [7, 11) is 0. The maximum absolute atomic E-state index is 6.88. The van der Waals surface area contributed by atoms with E-state index in [9.17, 15) is 0 Å². The zero-order valence-electron chi connectivity index (χ0n) is 32.6. The van der Waals surface area contributed by atoms with Crippen LogP contribution in [0.1, 0.15) is 0 Å². The molecule has 0 radical (unpaired) electrons. The van der Waals surface area contributed by atoms with Crippen molar-refractivity contribution in [1.82, 2.24) is 9.97 Å². The Balaban J connectivity index is 1.13. The number of hydrogen-bond acceptors (Lipinski definition) is 4. The number of benzene rings is 9. The fraction of sp³-hybridized carbons (Fsp3) is 0. The summed E-state index contributed by atoms with van der Waals surface area (Å²) in [6.45, 7) is 0. The van der Waals surface area contributed by atoms with Gasteiger partial charge in [-0.15, -0.1) is 0 Å². The van der Waals surface area contributed by atoms with Crippen LogP contribution in [0.5, 0.6) is 0 Å². The molecule has 0 saturated heterocycles. The molecule has 0 amide bonds. The summed E-state index contributed by atoms with van der Waals surface area (Å²) < 4.78 is 6.88. The Bertz CT molecular complexity index is 3230. The van der Waals surface area contributed by atoms with Crippen molar-refractivity contribution >= 4 is 49.8 Å². The average molecular weight is 768 g/mol. The topological polar surface area (TPSA) is 42.2 Å². The largest absolute Gasteiger partial charge is 0.455 e. The molecule has 0 atom stereocenters. The Morgan fingerprint density at radius 2 is 0.933 bits per heavy atom. The maximum atomic E-state index is 6.88. The maximum Gasteiger partial charge on any atom is 0.160 e. The van der Waals surface area contributed by atoms with Crippen LogP contribution >= 0.6 is 0 Å². The molecular formula is C56H37N3O. The second-order valence-corrected chi connectivity index (χ2v) is 15.0. The number of anilines is 3. The molecule has 2 aromatic heterocycles. The zero-order chi connectivity index (χ0) is 39.8. The highest BCUT2D eigenvalue weighted by Gasteiger charge is 2.21. The standard InChI is InChI=1S/C56H37N3O/c1-5-16-38(17-6-1)39-28-31-46(32-29-39)59(45-24-11-4-12-25-45)47-26-15-23-43(34-47)44-35-49(55-50(36-44)54-48-27-14-13-18-40(48)30-33-53(54)60-55)52-37-51(41-19-7-2-8-20-41)57-56(58-52)42-21-9-3-10-22-42/h1-37H. The molecule has 0 bridgehead atoms. The van der Waals surface area contributed by atoms with Gasteiger partial charge in [-0.3, -0.25) is 0 Å². The predicted octanol–water partition coefficient (Wildman–Crippen LogP) is 15.3. The van der Waals surface area contributed by atoms with E-state index >= 15 is 0 Å². The second kappa shape index (κ2) is 15.0. The molecule has 0 saturated carbocycles. The summed E-state index contributed by atoms with van der Waals surface area (Å²) in [5.41, 5.74) is 13.9. The van der Waals surface area contributed by atoms with Gasteiger partial charge in [0.15, 0.2) is 5.82 Å². The van der Waals surface area contributed by atoms with Gasteiger partial charge in [0.25, 0.3) is 0 Å². The van der Waals surface area contributed by atoms with Crippen molar-refractivity contribution in [3.8, 4) is 56.2 Å². The van der Waals surface area contributed by atoms with Crippen molar-refractivity contribution in [2.24, 2.45) is 0 Å². The molecule has 0 aliphatic heterocycles. The summed E-state index contributed by atoms with van der Waals surface area (Å²) in [5, 5.41) is 4.44. The van der Waals surface area contributed by atoms with Crippen LogP contribution in [0.4, 0.5) is 17.1 Å². The number of rotatable bonds is 8. The van der Waals surface area contributed by atoms with Gasteiger partial charge in [0.1, 0.15) is 11.2 Å². The van der Waals surface area contributed by atoms with Crippen LogP contribution in [-0.4, -0.2) is 9.97 Å². The summed E-state index contributed by atoms with van der Waals surface area (Å²) in [5.74, 6) is 0.658. The van der Waals surface area contributed by atoms with E-state index in [1.54, 1.807) is 0 Å². The third kappa shape index (κ3) is 6.47. The van der Waals surface area contributed by atoms with Crippen LogP contribution in [0.2, 0.25) is 0 Å². The Labute approximate surface area is 348 Å². The highest BCUT2D eigenvalue weighted by molar-refractivity contribution is 6.21. The van der Waals surface area contributed by atoms with Crippen LogP contribution < -0.4 is 4.90 Å². The molecule has 0 N–H and O–H groups in total. The van der Waals surface area contributed by atoms with Crippen LogP contribution in [0, 0.1) is 0 Å². The van der Waals surface area contributed by atoms with Crippen molar-refractivity contribution in [2.75, 3.05) is 4.90 Å². The second-order valence-electron chi connectivity index (χ2n) is 15.0. The van der Waals surface area contributed by atoms with Crippen molar-refractivity contribution < 1.29 is 4.42 Å². The van der Waals surface area contributed by atoms with E-state index in [-0.39, 0.29) is 0 Å². The highest BCUT2D eigenvalue weighted by atomic mass is 16.3. The molecule has 0 aliphatic carbocycles. The van der Waals surface area contributed by atoms with Gasteiger partial charge in [-0.05, 0) is 93.7 Å². The molecule has 60 heavy (non-hydrogen) atoms. The lowest BCUT2D eigenvalue weighted by atomic mass is 9.95. The van der Waals surface area contributed by atoms with Gasteiger partial charge in [0.05, 0.1) is 11.4 Å². The van der Waals surface area contributed by atoms with Crippen molar-refractivity contribution in [3.63, 3.8) is 0 Å². The summed E-state index contributed by atoms with van der Waals surface area (Å²) >= 11 is 0. The summed E-state index contributed by atoms with van der Waals surface area (Å²) in [6, 6.07) is 78.6. The van der Waals surface area contributed by atoms with Gasteiger partial charge >= 0.3 is 0 Å². The minimum absolute atomic E-state index is 0.658. The summed E-state index contributed by atoms with van der Waals surface area (Å²) in [6.07, 6.45) is 0. The van der Waals surface area contributed by atoms with Crippen molar-refractivity contribution in [1.29, 1.82) is 0 Å². The first-order valence-corrected chi connectivity index (χ1v) is 20.2. The quantitative estimate of drug-likeness (QED) is 0.154. The van der Waals surface area contributed by atoms with Gasteiger partial charge in [-0.25, -0.2) is 9.97 Å². The fourth-order valence-corrected chi connectivity index (χ4v) is 8.35. The van der Waals surface area contributed by atoms with Crippen LogP contribution in [0.15, 0.2) is 229 Å². The lowest BCUT2D eigenvalue weighted by Gasteiger charge is -2.26. The van der Waals surface area contributed by atoms with Gasteiger partial charge in [0, 0.05) is 44.5 Å². The first-order chi connectivity index (χ1) is 29.7. The van der Waals surface area contributed by atoms with Gasteiger partial charge in [-0.2, -0.15) is 0 Å². The lowest BCUT2D eigenvalue weighted by molar-refractivity contribution is 0.670. The van der Waals surface area contributed by atoms with Gasteiger partial charge in [-0.1, -0.05) is 164 Å². The highest BCUT2D eigenvalue weighted by Crippen LogP contribution is 2.44. The molecule has 4 nitrogen and oxygen atoms in total. The van der Waals surface area contributed by atoms with Crippen LogP contribution in [0.3, 0.4) is 0 Å². The first kappa shape index (κ1) is 35.1. The molecule has 11 aromatic rings. The summed E-state index contributed by atoms with van der Waals surface area (Å²) in [4.78, 5) is 12.7. The Hall–Kier alpha value is -8.08. The number of nitrogens with zero attached hydrogens (tertiary/aromatic N) is 3. The van der Waals surface area contributed by atoms with E-state index < -0.39 is 0 Å². The monoisotopic (exact) mass is 767 g/mol. The SMILES string of the molecule is c1ccc(-c2ccc(N(c3ccccc3)c3cccc(-c4cc(-c5cc(-c6ccccc6)nc(-c6ccccc6)n5)c5oc6ccc7ccccc7c6c5c4)c3)cc2)cc1. The molecular weight excluding hydrogens is 731 g/mol. The molecule has 9 aromatic carbocycles. The number of furan rings is 1. The van der Waals surface area contributed by atoms with E-state index in [1.807, 2.05) is 36.4 Å². The van der Waals surface area contributed by atoms with Crippen LogP contribution in [0.25, 0.3) is 88.9 Å². The van der Waals surface area contributed by atoms with E-state index in [0.29, 0.717) is 5.82 Å². The molecule has 0 aliphatic rings. The number of aromatic nitrogens is 2. The Kier molecular flexibility index (Phi) is 8.79. The number of fused-ring (bicyclic) bond motifs is 5. The normalized spacial score (nSPS) is 11.3.